The molecule has 12 heteroatoms. The zero-order valence-corrected chi connectivity index (χ0v) is 25.1. The van der Waals surface area contributed by atoms with E-state index in [1.54, 1.807) is 36.4 Å². The highest BCUT2D eigenvalue weighted by atomic mass is 32.2. The Morgan fingerprint density at radius 2 is 1.68 bits per heavy atom. The Morgan fingerprint density at radius 1 is 0.977 bits per heavy atom. The summed E-state index contributed by atoms with van der Waals surface area (Å²) in [4.78, 5) is 29.0. The van der Waals surface area contributed by atoms with Gasteiger partial charge in [0.2, 0.25) is 15.9 Å². The maximum Gasteiger partial charge on any atom is 0.261 e. The Labute approximate surface area is 256 Å². The predicted molar refractivity (Wildman–Crippen MR) is 160 cm³/mol. The fraction of sp³-hybridized carbons (Fsp3) is 0.375. The Hall–Kier alpha value is -3.84. The number of carbonyl (C=O) groups is 2. The predicted octanol–water partition coefficient (Wildman–Crippen LogP) is 3.29. The molecule has 0 radical (unpaired) electrons. The maximum atomic E-state index is 13.8. The number of benzene rings is 3. The van der Waals surface area contributed by atoms with Crippen LogP contribution in [0.25, 0.3) is 0 Å². The van der Waals surface area contributed by atoms with Crippen molar-refractivity contribution in [2.24, 2.45) is 0 Å². The number of morpholine rings is 1. The number of amides is 2. The van der Waals surface area contributed by atoms with Crippen LogP contribution in [0.4, 0.5) is 4.39 Å². The first kappa shape index (κ1) is 31.6. The van der Waals surface area contributed by atoms with Gasteiger partial charge in [0, 0.05) is 32.8 Å². The van der Waals surface area contributed by atoms with Gasteiger partial charge in [-0.05, 0) is 60.4 Å². The lowest BCUT2D eigenvalue weighted by Crippen LogP contribution is -2.46. The molecule has 1 N–H and O–H groups in total. The molecule has 10 nitrogen and oxygen atoms in total. The van der Waals surface area contributed by atoms with Crippen molar-refractivity contribution in [1.82, 2.24) is 14.5 Å². The average molecular weight is 626 g/mol. The second-order valence-electron chi connectivity index (χ2n) is 10.6. The highest BCUT2D eigenvalue weighted by Crippen LogP contribution is 2.26. The van der Waals surface area contributed by atoms with E-state index >= 15 is 0 Å². The molecular formula is C32H36FN3O7S. The number of nitrogens with zero attached hydrogens (tertiary/aromatic N) is 2. The zero-order valence-electron chi connectivity index (χ0n) is 24.3. The van der Waals surface area contributed by atoms with Crippen LogP contribution in [-0.4, -0.2) is 81.6 Å². The molecule has 2 aliphatic heterocycles. The summed E-state index contributed by atoms with van der Waals surface area (Å²) < 4.78 is 57.7. The summed E-state index contributed by atoms with van der Waals surface area (Å²) in [6.45, 7) is 1.81. The third kappa shape index (κ3) is 8.00. The number of hydrogen-bond donors (Lipinski definition) is 1. The Balaban J connectivity index is 1.34. The standard InChI is InChI=1S/C32H36FN3O7S/c33-26-10-8-24(9-11-26)22-36(31(25-5-2-1-3-6-25)32(38)34-21-28-7-4-18-42-28)30(37)23-43-27-12-14-29(15-13-27)44(39,40)35-16-19-41-20-17-35/h1-3,5-6,8-15,28,31H,4,7,16-23H2,(H,34,38)/t28-,31+/m1/s1. The van der Waals surface area contributed by atoms with Gasteiger partial charge in [0.1, 0.15) is 17.6 Å². The van der Waals surface area contributed by atoms with Gasteiger partial charge >= 0.3 is 0 Å². The molecule has 44 heavy (non-hydrogen) atoms. The monoisotopic (exact) mass is 625 g/mol. The average Bonchev–Trinajstić information content (AvgIpc) is 3.58. The SMILES string of the molecule is O=C(NC[C@H]1CCCO1)[C@H](c1ccccc1)N(Cc1ccc(F)cc1)C(=O)COc1ccc(S(=O)(=O)N2CCOCC2)cc1. The van der Waals surface area contributed by atoms with Crippen LogP contribution in [-0.2, 0) is 35.6 Å². The second-order valence-corrected chi connectivity index (χ2v) is 12.6. The summed E-state index contributed by atoms with van der Waals surface area (Å²) >= 11 is 0. The molecule has 0 bridgehead atoms. The molecule has 0 aromatic heterocycles. The molecule has 3 aromatic rings. The van der Waals surface area contributed by atoms with E-state index in [9.17, 15) is 22.4 Å². The van der Waals surface area contributed by atoms with Crippen LogP contribution in [0.15, 0.2) is 83.8 Å². The van der Waals surface area contributed by atoms with E-state index in [0.717, 1.165) is 12.8 Å². The number of halogens is 1. The van der Waals surface area contributed by atoms with Crippen molar-refractivity contribution in [2.45, 2.75) is 36.4 Å². The van der Waals surface area contributed by atoms with E-state index in [-0.39, 0.29) is 36.5 Å². The number of rotatable bonds is 12. The van der Waals surface area contributed by atoms with Gasteiger partial charge in [-0.3, -0.25) is 9.59 Å². The number of sulfonamides is 1. The number of carbonyl (C=O) groups excluding carboxylic acids is 2. The van der Waals surface area contributed by atoms with E-state index in [2.05, 4.69) is 5.32 Å². The highest BCUT2D eigenvalue weighted by molar-refractivity contribution is 7.89. The molecule has 0 aliphatic carbocycles. The van der Waals surface area contributed by atoms with Crippen molar-refractivity contribution < 1.29 is 36.6 Å². The summed E-state index contributed by atoms with van der Waals surface area (Å²) in [6, 6.07) is 19.5. The van der Waals surface area contributed by atoms with Crippen LogP contribution in [0.5, 0.6) is 5.75 Å². The normalized spacial score (nSPS) is 18.0. The molecule has 2 saturated heterocycles. The van der Waals surface area contributed by atoms with Gasteiger partial charge < -0.3 is 24.4 Å². The Kier molecular flexibility index (Phi) is 10.6. The first-order valence-corrected chi connectivity index (χ1v) is 16.0. The largest absolute Gasteiger partial charge is 0.484 e. The van der Waals surface area contributed by atoms with Crippen molar-refractivity contribution in [3.8, 4) is 5.75 Å². The fourth-order valence-electron chi connectivity index (χ4n) is 5.21. The molecule has 234 valence electrons. The first-order valence-electron chi connectivity index (χ1n) is 14.6. The van der Waals surface area contributed by atoms with E-state index in [1.165, 1.54) is 45.6 Å². The first-order chi connectivity index (χ1) is 21.3. The van der Waals surface area contributed by atoms with Gasteiger partial charge in [-0.25, -0.2) is 12.8 Å². The minimum Gasteiger partial charge on any atom is -0.484 e. The van der Waals surface area contributed by atoms with Crippen molar-refractivity contribution in [3.63, 3.8) is 0 Å². The molecule has 2 aliphatic rings. The molecule has 2 heterocycles. The Morgan fingerprint density at radius 3 is 2.34 bits per heavy atom. The third-order valence-corrected chi connectivity index (χ3v) is 9.50. The van der Waals surface area contributed by atoms with Crippen LogP contribution in [0, 0.1) is 5.82 Å². The summed E-state index contributed by atoms with van der Waals surface area (Å²) in [5, 5.41) is 2.95. The molecule has 2 fully saturated rings. The summed E-state index contributed by atoms with van der Waals surface area (Å²) in [7, 11) is -3.68. The molecule has 2 amide bonds. The smallest absolute Gasteiger partial charge is 0.261 e. The van der Waals surface area contributed by atoms with Crippen LogP contribution < -0.4 is 10.1 Å². The minimum atomic E-state index is -3.68. The Bertz CT molecular complexity index is 1490. The third-order valence-electron chi connectivity index (χ3n) is 7.58. The quantitative estimate of drug-likeness (QED) is 0.329. The van der Waals surface area contributed by atoms with Crippen molar-refractivity contribution in [2.75, 3.05) is 46.1 Å². The lowest BCUT2D eigenvalue weighted by Gasteiger charge is -2.32. The van der Waals surface area contributed by atoms with Gasteiger partial charge in [0.15, 0.2) is 6.61 Å². The van der Waals surface area contributed by atoms with E-state index in [4.69, 9.17) is 14.2 Å². The summed E-state index contributed by atoms with van der Waals surface area (Å²) in [5.41, 5.74) is 1.23. The van der Waals surface area contributed by atoms with Gasteiger partial charge in [-0.1, -0.05) is 42.5 Å². The molecule has 2 atom stereocenters. The minimum absolute atomic E-state index is 0.0200. The van der Waals surface area contributed by atoms with Gasteiger partial charge in [-0.15, -0.1) is 0 Å². The second kappa shape index (κ2) is 14.8. The van der Waals surface area contributed by atoms with Crippen molar-refractivity contribution >= 4 is 21.8 Å². The summed E-state index contributed by atoms with van der Waals surface area (Å²) in [6.07, 6.45) is 1.68. The van der Waals surface area contributed by atoms with E-state index in [1.807, 2.05) is 6.07 Å². The lowest BCUT2D eigenvalue weighted by atomic mass is 10.0. The van der Waals surface area contributed by atoms with Crippen LogP contribution in [0.3, 0.4) is 0 Å². The number of nitrogens with one attached hydrogen (secondary N) is 1. The number of ether oxygens (including phenoxy) is 3. The van der Waals surface area contributed by atoms with Crippen molar-refractivity contribution in [3.05, 3.63) is 95.8 Å². The number of hydrogen-bond acceptors (Lipinski definition) is 7. The zero-order chi connectivity index (χ0) is 30.9. The molecule has 5 rings (SSSR count). The molecule has 0 saturated carbocycles. The van der Waals surface area contributed by atoms with Crippen LogP contribution in [0.2, 0.25) is 0 Å². The van der Waals surface area contributed by atoms with Gasteiger partial charge in [0.25, 0.3) is 5.91 Å². The highest BCUT2D eigenvalue weighted by Gasteiger charge is 2.33. The van der Waals surface area contributed by atoms with E-state index < -0.39 is 34.4 Å². The lowest BCUT2D eigenvalue weighted by molar-refractivity contribution is -0.143. The van der Waals surface area contributed by atoms with Gasteiger partial charge in [-0.2, -0.15) is 4.31 Å². The molecular weight excluding hydrogens is 589 g/mol. The van der Waals surface area contributed by atoms with Gasteiger partial charge in [0.05, 0.1) is 24.2 Å². The summed E-state index contributed by atoms with van der Waals surface area (Å²) in [5.74, 6) is -0.983. The maximum absolute atomic E-state index is 13.8. The van der Waals surface area contributed by atoms with Crippen molar-refractivity contribution in [1.29, 1.82) is 0 Å². The van der Waals surface area contributed by atoms with Crippen LogP contribution >= 0.6 is 0 Å². The molecule has 0 unspecified atom stereocenters. The van der Waals surface area contributed by atoms with E-state index in [0.29, 0.717) is 43.2 Å². The fourth-order valence-corrected chi connectivity index (χ4v) is 6.61. The topological polar surface area (TPSA) is 114 Å². The van der Waals surface area contributed by atoms with Crippen LogP contribution in [0.1, 0.15) is 30.0 Å². The molecule has 0 spiro atoms. The molecule has 3 aromatic carbocycles.